The van der Waals surface area contributed by atoms with Crippen LogP contribution in [0.3, 0.4) is 0 Å². The molecular formula is C40H45Cl5F2N2O6S2. The number of anilines is 1. The van der Waals surface area contributed by atoms with Crippen molar-refractivity contribution in [2.75, 3.05) is 29.3 Å². The van der Waals surface area contributed by atoms with Crippen LogP contribution >= 0.6 is 58.0 Å². The van der Waals surface area contributed by atoms with E-state index in [4.69, 9.17) is 58.0 Å². The Morgan fingerprint density at radius 1 is 0.667 bits per heavy atom. The molecule has 0 aromatic heterocycles. The quantitative estimate of drug-likeness (QED) is 0.0746. The Hall–Kier alpha value is -3.33. The summed E-state index contributed by atoms with van der Waals surface area (Å²) in [6.45, 7) is 16.5. The number of carbonyl (C=O) groups is 2. The molecule has 312 valence electrons. The van der Waals surface area contributed by atoms with E-state index in [0.29, 0.717) is 15.4 Å². The van der Waals surface area contributed by atoms with Gasteiger partial charge < -0.3 is 4.90 Å². The van der Waals surface area contributed by atoms with E-state index >= 15 is 0 Å². The van der Waals surface area contributed by atoms with Gasteiger partial charge in [-0.05, 0) is 90.4 Å². The zero-order valence-electron chi connectivity index (χ0n) is 31.6. The van der Waals surface area contributed by atoms with Crippen LogP contribution in [0.5, 0.6) is 0 Å². The van der Waals surface area contributed by atoms with Crippen molar-refractivity contribution in [1.82, 2.24) is 4.90 Å². The van der Waals surface area contributed by atoms with Crippen molar-refractivity contribution < 1.29 is 35.2 Å². The molecule has 0 aliphatic heterocycles. The molecule has 1 amide bonds. The lowest BCUT2D eigenvalue weighted by atomic mass is 10.2. The van der Waals surface area contributed by atoms with Gasteiger partial charge in [0.2, 0.25) is 15.3 Å². The maximum absolute atomic E-state index is 13.2. The minimum absolute atomic E-state index is 0.0540. The number of hydrogen-bond acceptors (Lipinski definition) is 7. The number of alkyl halides is 2. The van der Waals surface area contributed by atoms with Crippen molar-refractivity contribution in [3.63, 3.8) is 0 Å². The normalized spacial score (nSPS) is 10.4. The van der Waals surface area contributed by atoms with Gasteiger partial charge in [-0.1, -0.05) is 124 Å². The summed E-state index contributed by atoms with van der Waals surface area (Å²) >= 11 is 26.0. The van der Waals surface area contributed by atoms with Gasteiger partial charge in [-0.2, -0.15) is 0 Å². The second-order valence-corrected chi connectivity index (χ2v) is 17.0. The molecule has 0 bridgehead atoms. The Morgan fingerprint density at radius 2 is 1.09 bits per heavy atom. The number of rotatable bonds is 13. The van der Waals surface area contributed by atoms with Crippen LogP contribution in [0.2, 0.25) is 10.0 Å². The number of sulfone groups is 1. The summed E-state index contributed by atoms with van der Waals surface area (Å²) in [6.07, 6.45) is 1.91. The fourth-order valence-corrected chi connectivity index (χ4v) is 8.10. The summed E-state index contributed by atoms with van der Waals surface area (Å²) in [4.78, 5) is 23.9. The molecule has 4 aromatic rings. The molecule has 0 saturated heterocycles. The standard InChI is InChI=1S/C16H13ClFNO3S.C14H12ClFO2S.C6H15N.C3H3ClO.CH2Cl2/c1-2-16(20)19(15-9-8-13(18)10-14(15)17)23(21,22)11-12-6-4-3-5-7-12;15-14-8-13(16)7-6-12(14)10-19(17,18)9-11-4-2-1-3-5-11;1-4-7(5-2)6-3;1-2-3(4)5;2-1-3/h2-10H,1,11H2;1-8H,9-10H2;4-6H2,1-3H3;2H,1H2;1H2. The number of sulfonamides is 1. The van der Waals surface area contributed by atoms with E-state index in [-0.39, 0.29) is 32.6 Å². The number of benzene rings is 4. The smallest absolute Gasteiger partial charge is 0.264 e. The molecule has 0 aliphatic rings. The lowest BCUT2D eigenvalue weighted by Crippen LogP contribution is -2.36. The predicted molar refractivity (Wildman–Crippen MR) is 233 cm³/mol. The van der Waals surface area contributed by atoms with E-state index in [2.05, 4.69) is 38.8 Å². The summed E-state index contributed by atoms with van der Waals surface area (Å²) in [6, 6.07) is 24.1. The van der Waals surface area contributed by atoms with Gasteiger partial charge in [-0.25, -0.2) is 29.9 Å². The first kappa shape index (κ1) is 53.7. The lowest BCUT2D eigenvalue weighted by Gasteiger charge is -2.22. The highest BCUT2D eigenvalue weighted by atomic mass is 35.5. The molecule has 4 rings (SSSR count). The van der Waals surface area contributed by atoms with Gasteiger partial charge in [0.25, 0.3) is 5.91 Å². The zero-order chi connectivity index (χ0) is 43.6. The zero-order valence-corrected chi connectivity index (χ0v) is 37.0. The minimum Gasteiger partial charge on any atom is -0.304 e. The van der Waals surface area contributed by atoms with Crippen LogP contribution in [0.1, 0.15) is 37.5 Å². The molecule has 0 aliphatic carbocycles. The maximum Gasteiger partial charge on any atom is 0.264 e. The molecule has 0 radical (unpaired) electrons. The second-order valence-electron chi connectivity index (χ2n) is 11.1. The van der Waals surface area contributed by atoms with Gasteiger partial charge in [0.05, 0.1) is 33.3 Å². The fourth-order valence-electron chi connectivity index (χ4n) is 4.41. The topological polar surface area (TPSA) is 109 Å². The van der Waals surface area contributed by atoms with Gasteiger partial charge >= 0.3 is 0 Å². The first-order valence-electron chi connectivity index (χ1n) is 16.9. The molecule has 4 aromatic carbocycles. The second kappa shape index (κ2) is 29.0. The molecule has 0 saturated carbocycles. The average Bonchev–Trinajstić information content (AvgIpc) is 3.16. The molecule has 0 unspecified atom stereocenters. The molecule has 0 atom stereocenters. The largest absolute Gasteiger partial charge is 0.304 e. The van der Waals surface area contributed by atoms with Crippen LogP contribution in [-0.4, -0.2) is 57.9 Å². The highest BCUT2D eigenvalue weighted by Gasteiger charge is 2.29. The molecule has 0 N–H and O–H groups in total. The Kier molecular flexibility index (Phi) is 27.3. The average molecular weight is 929 g/mol. The highest BCUT2D eigenvalue weighted by molar-refractivity contribution is 7.92. The van der Waals surface area contributed by atoms with E-state index in [1.807, 2.05) is 6.07 Å². The Morgan fingerprint density at radius 3 is 1.46 bits per heavy atom. The van der Waals surface area contributed by atoms with Crippen LogP contribution in [-0.2, 0) is 46.7 Å². The van der Waals surface area contributed by atoms with E-state index in [1.54, 1.807) is 54.6 Å². The first-order valence-corrected chi connectivity index (χ1v) is 22.5. The fraction of sp³-hybridized carbons (Fsp3) is 0.250. The Balaban J connectivity index is 0.000000821. The highest BCUT2D eigenvalue weighted by Crippen LogP contribution is 2.30. The van der Waals surface area contributed by atoms with Gasteiger partial charge in [-0.3, -0.25) is 9.59 Å². The number of carbonyl (C=O) groups excluding carboxylic acids is 2. The molecular weight excluding hydrogens is 884 g/mol. The van der Waals surface area contributed by atoms with Crippen molar-refractivity contribution in [1.29, 1.82) is 0 Å². The molecule has 57 heavy (non-hydrogen) atoms. The summed E-state index contributed by atoms with van der Waals surface area (Å²) in [5.41, 5.74) is 1.53. The summed E-state index contributed by atoms with van der Waals surface area (Å²) < 4.78 is 76.0. The molecule has 17 heteroatoms. The first-order chi connectivity index (χ1) is 26.8. The van der Waals surface area contributed by atoms with Crippen molar-refractivity contribution in [2.24, 2.45) is 0 Å². The predicted octanol–water partition coefficient (Wildman–Crippen LogP) is 10.8. The molecule has 8 nitrogen and oxygen atoms in total. The third-order valence-electron chi connectivity index (χ3n) is 7.10. The number of nitrogens with zero attached hydrogens (tertiary/aromatic N) is 2. The summed E-state index contributed by atoms with van der Waals surface area (Å²) in [5.74, 6) is -2.63. The van der Waals surface area contributed by atoms with E-state index < -0.39 is 48.4 Å². The van der Waals surface area contributed by atoms with Crippen molar-refractivity contribution >= 4 is 94.7 Å². The van der Waals surface area contributed by atoms with Gasteiger partial charge in [-0.15, -0.1) is 23.2 Å². The number of amides is 1. The van der Waals surface area contributed by atoms with E-state index in [9.17, 15) is 35.2 Å². The maximum atomic E-state index is 13.2. The summed E-state index contributed by atoms with van der Waals surface area (Å²) in [5, 5.41) is -0.363. The molecule has 0 spiro atoms. The van der Waals surface area contributed by atoms with E-state index in [0.717, 1.165) is 42.0 Å². The van der Waals surface area contributed by atoms with Crippen LogP contribution in [0.25, 0.3) is 0 Å². The molecule has 0 heterocycles. The van der Waals surface area contributed by atoms with Crippen molar-refractivity contribution in [3.05, 3.63) is 161 Å². The van der Waals surface area contributed by atoms with Gasteiger partial charge in [0, 0.05) is 5.02 Å². The van der Waals surface area contributed by atoms with Gasteiger partial charge in [0.15, 0.2) is 9.84 Å². The third kappa shape index (κ3) is 22.4. The van der Waals surface area contributed by atoms with Gasteiger partial charge in [0.1, 0.15) is 11.6 Å². The van der Waals surface area contributed by atoms with Crippen LogP contribution in [0.4, 0.5) is 14.5 Å². The SMILES string of the molecule is C=CC(=O)Cl.C=CC(=O)N(c1ccc(F)cc1Cl)S(=O)(=O)Cc1ccccc1.CCN(CC)CC.ClCCl.O=S(=O)(Cc1ccccc1)Cc1ccc(F)cc1Cl. The monoisotopic (exact) mass is 926 g/mol. The Bertz CT molecular complexity index is 2050. The van der Waals surface area contributed by atoms with E-state index in [1.165, 1.54) is 31.8 Å². The Labute approximate surface area is 360 Å². The van der Waals surface area contributed by atoms with Crippen molar-refractivity contribution in [2.45, 2.75) is 38.0 Å². The number of hydrogen-bond donors (Lipinski definition) is 0. The van der Waals surface area contributed by atoms with Crippen molar-refractivity contribution in [3.8, 4) is 0 Å². The van der Waals surface area contributed by atoms with Crippen LogP contribution < -0.4 is 4.31 Å². The summed E-state index contributed by atoms with van der Waals surface area (Å²) in [7, 11) is -7.40. The number of allylic oxidation sites excluding steroid dienone is 1. The minimum atomic E-state index is -4.07. The number of halogens is 7. The third-order valence-corrected chi connectivity index (χ3v) is 11.1. The molecule has 0 fully saturated rings. The van der Waals surface area contributed by atoms with Crippen LogP contribution in [0, 0.1) is 11.6 Å². The lowest BCUT2D eigenvalue weighted by molar-refractivity contribution is -0.113. The van der Waals surface area contributed by atoms with Crippen LogP contribution in [0.15, 0.2) is 122 Å².